The highest BCUT2D eigenvalue weighted by Crippen LogP contribution is 2.41. The van der Waals surface area contributed by atoms with Crippen LogP contribution in [0, 0.1) is 5.82 Å². The summed E-state index contributed by atoms with van der Waals surface area (Å²) in [7, 11) is 0. The number of hydrogen-bond donors (Lipinski definition) is 1. The molecule has 1 unspecified atom stereocenters. The lowest BCUT2D eigenvalue weighted by atomic mass is 9.92. The predicted molar refractivity (Wildman–Crippen MR) is 90.3 cm³/mol. The van der Waals surface area contributed by atoms with E-state index in [0.29, 0.717) is 22.4 Å². The van der Waals surface area contributed by atoms with E-state index in [1.54, 1.807) is 31.2 Å². The molecule has 0 amide bonds. The number of likely N-dealkylation sites (N-methyl/N-ethyl adjacent to an activating group) is 1. The molecule has 3 nitrogen and oxygen atoms in total. The molecule has 136 valence electrons. The smallest absolute Gasteiger partial charge is 0.413 e. The number of hydrogen-bond acceptors (Lipinski definition) is 2. The van der Waals surface area contributed by atoms with Crippen LogP contribution >= 0.6 is 0 Å². The Morgan fingerprint density at radius 1 is 1.12 bits per heavy atom. The van der Waals surface area contributed by atoms with E-state index in [4.69, 9.17) is 0 Å². The van der Waals surface area contributed by atoms with Crippen LogP contribution in [0.3, 0.4) is 0 Å². The molecular formula is C19H15F4NO2. The first-order chi connectivity index (χ1) is 12.2. The quantitative estimate of drug-likeness (QED) is 0.800. The number of carbonyl (C=O) groups is 1. The number of carboxylic acid groups (broad SMARTS) is 1. The summed E-state index contributed by atoms with van der Waals surface area (Å²) in [6, 6.07) is 8.26. The molecule has 0 bridgehead atoms. The number of nitrogens with zero attached hydrogens (tertiary/aromatic N) is 1. The summed E-state index contributed by atoms with van der Waals surface area (Å²) in [4.78, 5) is 12.5. The number of fused-ring (bicyclic) bond motifs is 1. The van der Waals surface area contributed by atoms with Crippen LogP contribution in [0.1, 0.15) is 12.5 Å². The van der Waals surface area contributed by atoms with E-state index < -0.39 is 29.6 Å². The van der Waals surface area contributed by atoms with Gasteiger partial charge in [-0.3, -0.25) is 0 Å². The van der Waals surface area contributed by atoms with Gasteiger partial charge in [0.05, 0.1) is 5.57 Å². The van der Waals surface area contributed by atoms with Gasteiger partial charge in [0.2, 0.25) is 0 Å². The molecule has 7 heteroatoms. The van der Waals surface area contributed by atoms with Gasteiger partial charge in [0.25, 0.3) is 0 Å². The van der Waals surface area contributed by atoms with Crippen LogP contribution in [0.5, 0.6) is 0 Å². The summed E-state index contributed by atoms with van der Waals surface area (Å²) in [5.74, 6) is -2.01. The average molecular weight is 365 g/mol. The van der Waals surface area contributed by atoms with Crippen LogP contribution in [0.25, 0.3) is 17.2 Å². The zero-order valence-electron chi connectivity index (χ0n) is 13.7. The second kappa shape index (κ2) is 6.48. The topological polar surface area (TPSA) is 40.5 Å². The maximum absolute atomic E-state index is 13.5. The first-order valence-corrected chi connectivity index (χ1v) is 7.90. The molecule has 0 spiro atoms. The Labute approximate surface area is 147 Å². The van der Waals surface area contributed by atoms with E-state index in [1.807, 2.05) is 0 Å². The van der Waals surface area contributed by atoms with E-state index in [2.05, 4.69) is 0 Å². The number of benzene rings is 2. The Hall–Kier alpha value is -2.83. The van der Waals surface area contributed by atoms with Crippen molar-refractivity contribution in [1.82, 2.24) is 0 Å². The molecule has 1 aliphatic rings. The highest BCUT2D eigenvalue weighted by molar-refractivity contribution is 5.98. The highest BCUT2D eigenvalue weighted by atomic mass is 19.4. The molecule has 3 rings (SSSR count). The largest absolute Gasteiger partial charge is 0.478 e. The minimum absolute atomic E-state index is 0.00229. The Balaban J connectivity index is 2.15. The van der Waals surface area contributed by atoms with Crippen molar-refractivity contribution < 1.29 is 27.5 Å². The molecule has 2 aromatic carbocycles. The lowest BCUT2D eigenvalue weighted by Gasteiger charge is -2.38. The number of alkyl halides is 3. The van der Waals surface area contributed by atoms with Crippen LogP contribution in [-0.4, -0.2) is 29.8 Å². The fourth-order valence-electron chi connectivity index (χ4n) is 3.19. The standard InChI is InChI=1S/C19H15F4NO2/c1-2-24-16-8-5-12(11-3-6-14(20)7-4-11)9-13(16)10-15(18(25)26)17(24)19(21,22)23/h3-10,17H,2H2,1H3,(H,25,26). The molecular weight excluding hydrogens is 350 g/mol. The molecule has 0 saturated heterocycles. The molecule has 0 radical (unpaired) electrons. The van der Waals surface area contributed by atoms with Crippen molar-refractivity contribution in [2.45, 2.75) is 19.1 Å². The maximum Gasteiger partial charge on any atom is 0.413 e. The summed E-state index contributed by atoms with van der Waals surface area (Å²) >= 11 is 0. The van der Waals surface area contributed by atoms with Crippen LogP contribution < -0.4 is 4.90 Å². The first kappa shape index (κ1) is 18.0. The lowest BCUT2D eigenvalue weighted by molar-refractivity contribution is -0.150. The van der Waals surface area contributed by atoms with Crippen LogP contribution in [0.4, 0.5) is 23.2 Å². The first-order valence-electron chi connectivity index (χ1n) is 7.90. The summed E-state index contributed by atoms with van der Waals surface area (Å²) in [6.07, 6.45) is -3.65. The molecule has 1 heterocycles. The van der Waals surface area contributed by atoms with Crippen molar-refractivity contribution in [3.05, 3.63) is 59.4 Å². The zero-order valence-corrected chi connectivity index (χ0v) is 13.7. The van der Waals surface area contributed by atoms with Crippen LogP contribution in [-0.2, 0) is 4.79 Å². The van der Waals surface area contributed by atoms with Crippen LogP contribution in [0.2, 0.25) is 0 Å². The molecule has 2 aromatic rings. The number of halogens is 4. The minimum Gasteiger partial charge on any atom is -0.478 e. The summed E-state index contributed by atoms with van der Waals surface area (Å²) in [5, 5.41) is 9.29. The van der Waals surface area contributed by atoms with Gasteiger partial charge in [-0.1, -0.05) is 18.2 Å². The van der Waals surface area contributed by atoms with E-state index in [1.165, 1.54) is 18.2 Å². The average Bonchev–Trinajstić information content (AvgIpc) is 2.59. The minimum atomic E-state index is -4.71. The van der Waals surface area contributed by atoms with Gasteiger partial charge in [-0.15, -0.1) is 0 Å². The van der Waals surface area contributed by atoms with E-state index in [-0.39, 0.29) is 6.54 Å². The second-order valence-electron chi connectivity index (χ2n) is 5.92. The van der Waals surface area contributed by atoms with Crippen molar-refractivity contribution in [2.24, 2.45) is 0 Å². The predicted octanol–water partition coefficient (Wildman–Crippen LogP) is 4.73. The number of aliphatic carboxylic acids is 1. The highest BCUT2D eigenvalue weighted by Gasteiger charge is 2.49. The Morgan fingerprint density at radius 2 is 1.73 bits per heavy atom. The van der Waals surface area contributed by atoms with Gasteiger partial charge in [-0.25, -0.2) is 9.18 Å². The lowest BCUT2D eigenvalue weighted by Crippen LogP contribution is -2.50. The van der Waals surface area contributed by atoms with Gasteiger partial charge in [0.1, 0.15) is 5.82 Å². The third kappa shape index (κ3) is 3.16. The Morgan fingerprint density at radius 3 is 2.27 bits per heavy atom. The van der Waals surface area contributed by atoms with Crippen molar-refractivity contribution in [2.75, 3.05) is 11.4 Å². The number of rotatable bonds is 3. The molecule has 1 aliphatic heterocycles. The molecule has 0 aliphatic carbocycles. The monoisotopic (exact) mass is 365 g/mol. The van der Waals surface area contributed by atoms with E-state index >= 15 is 0 Å². The van der Waals surface area contributed by atoms with Crippen molar-refractivity contribution >= 4 is 17.7 Å². The van der Waals surface area contributed by atoms with Gasteiger partial charge >= 0.3 is 12.1 Å². The normalized spacial score (nSPS) is 16.9. The van der Waals surface area contributed by atoms with Gasteiger partial charge in [0.15, 0.2) is 6.04 Å². The maximum atomic E-state index is 13.5. The molecule has 26 heavy (non-hydrogen) atoms. The van der Waals surface area contributed by atoms with Crippen molar-refractivity contribution in [3.8, 4) is 11.1 Å². The SMILES string of the molecule is CCN1c2ccc(-c3ccc(F)cc3)cc2C=C(C(=O)O)C1C(F)(F)F. The molecule has 0 saturated carbocycles. The Kier molecular flexibility index (Phi) is 4.48. The summed E-state index contributed by atoms with van der Waals surface area (Å²) in [5.41, 5.74) is 1.31. The summed E-state index contributed by atoms with van der Waals surface area (Å²) < 4.78 is 53.5. The third-order valence-electron chi connectivity index (χ3n) is 4.33. The molecule has 0 aromatic heterocycles. The van der Waals surface area contributed by atoms with Crippen molar-refractivity contribution in [1.29, 1.82) is 0 Å². The Bertz CT molecular complexity index is 872. The van der Waals surface area contributed by atoms with Gasteiger partial charge < -0.3 is 10.0 Å². The molecule has 1 atom stereocenters. The van der Waals surface area contributed by atoms with E-state index in [9.17, 15) is 27.5 Å². The summed E-state index contributed by atoms with van der Waals surface area (Å²) in [6.45, 7) is 1.54. The number of anilines is 1. The fraction of sp³-hybridized carbons (Fsp3) is 0.211. The van der Waals surface area contributed by atoms with Gasteiger partial charge in [-0.2, -0.15) is 13.2 Å². The van der Waals surface area contributed by atoms with Crippen molar-refractivity contribution in [3.63, 3.8) is 0 Å². The number of carboxylic acids is 1. The zero-order chi connectivity index (χ0) is 19.1. The molecule has 1 N–H and O–H groups in total. The van der Waals surface area contributed by atoms with Gasteiger partial charge in [-0.05, 0) is 54.0 Å². The second-order valence-corrected chi connectivity index (χ2v) is 5.92. The molecule has 0 fully saturated rings. The van der Waals surface area contributed by atoms with Crippen LogP contribution in [0.15, 0.2) is 48.0 Å². The fourth-order valence-corrected chi connectivity index (χ4v) is 3.19. The van der Waals surface area contributed by atoms with Gasteiger partial charge in [0, 0.05) is 12.2 Å². The third-order valence-corrected chi connectivity index (χ3v) is 4.33. The van der Waals surface area contributed by atoms with E-state index in [0.717, 1.165) is 11.0 Å².